The molecule has 6 aromatic rings. The van der Waals surface area contributed by atoms with Gasteiger partial charge < -0.3 is 9.88 Å². The van der Waals surface area contributed by atoms with Gasteiger partial charge in [0.2, 0.25) is 5.95 Å². The summed E-state index contributed by atoms with van der Waals surface area (Å²) in [7, 11) is 0. The predicted molar refractivity (Wildman–Crippen MR) is 131 cm³/mol. The molecule has 8 nitrogen and oxygen atoms in total. The molecule has 0 bridgehead atoms. The van der Waals surface area contributed by atoms with E-state index in [4.69, 9.17) is 15.0 Å². The Labute approximate surface area is 195 Å². The molecule has 8 heteroatoms. The normalized spacial score (nSPS) is 12.9. The summed E-state index contributed by atoms with van der Waals surface area (Å²) in [6.07, 6.45) is 5.79. The van der Waals surface area contributed by atoms with Gasteiger partial charge in [0.15, 0.2) is 0 Å². The van der Waals surface area contributed by atoms with Gasteiger partial charge in [0.05, 0.1) is 34.3 Å². The van der Waals surface area contributed by atoms with E-state index in [-0.39, 0.29) is 0 Å². The van der Waals surface area contributed by atoms with Crippen molar-refractivity contribution < 1.29 is 0 Å². The lowest BCUT2D eigenvalue weighted by Crippen LogP contribution is -1.98. The number of rotatable bonds is 3. The Bertz CT molecular complexity index is 1710. The molecule has 0 fully saturated rings. The van der Waals surface area contributed by atoms with Crippen molar-refractivity contribution in [2.24, 2.45) is 0 Å². The molecule has 7 heterocycles. The number of pyridine rings is 4. The number of aromatic nitrogens is 7. The van der Waals surface area contributed by atoms with E-state index in [0.29, 0.717) is 0 Å². The second kappa shape index (κ2) is 7.21. The van der Waals surface area contributed by atoms with E-state index in [1.807, 2.05) is 74.0 Å². The highest BCUT2D eigenvalue weighted by Crippen LogP contribution is 2.33. The average molecular weight is 445 g/mol. The first-order valence-electron chi connectivity index (χ1n) is 11.2. The molecule has 0 saturated heterocycles. The number of nitrogens with zero attached hydrogens (tertiary/aromatic N) is 7. The predicted octanol–water partition coefficient (Wildman–Crippen LogP) is 4.60. The Kier molecular flexibility index (Phi) is 4.01. The molecule has 0 unspecified atom stereocenters. The first-order chi connectivity index (χ1) is 16.7. The molecule has 1 N–H and O–H groups in total. The molecule has 1 aliphatic rings. The van der Waals surface area contributed by atoms with Crippen molar-refractivity contribution in [3.8, 4) is 34.0 Å². The second-order valence-electron chi connectivity index (χ2n) is 8.41. The van der Waals surface area contributed by atoms with Crippen LogP contribution in [0.5, 0.6) is 0 Å². The molecule has 0 aromatic carbocycles. The maximum absolute atomic E-state index is 5.04. The zero-order valence-corrected chi connectivity index (χ0v) is 18.5. The number of hydrogen-bond acceptors (Lipinski definition) is 6. The van der Waals surface area contributed by atoms with Crippen molar-refractivity contribution in [3.05, 3.63) is 78.9 Å². The largest absolute Gasteiger partial charge is 0.354 e. The summed E-state index contributed by atoms with van der Waals surface area (Å²) in [4.78, 5) is 23.8. The first-order valence-corrected chi connectivity index (χ1v) is 11.2. The standard InChI is InChI=1S/C26H20N8/c1-16-5-4-6-19(30-16)24-25(34-11-3-2-7-23(34)32-24)20-9-8-18-21(31-20)13-17(14-28-18)22-15-29-26-27-10-12-33(22)26/h2-9,11,13-15H,10,12H2,1H3,(H,27,29). The van der Waals surface area contributed by atoms with Crippen LogP contribution in [0.15, 0.2) is 73.2 Å². The Morgan fingerprint density at radius 2 is 1.82 bits per heavy atom. The topological polar surface area (TPSA) is 85.8 Å². The lowest BCUT2D eigenvalue weighted by molar-refractivity contribution is 0.817. The van der Waals surface area contributed by atoms with Gasteiger partial charge in [0.25, 0.3) is 0 Å². The summed E-state index contributed by atoms with van der Waals surface area (Å²) in [5, 5.41) is 3.30. The minimum atomic E-state index is 0.811. The Hall–Kier alpha value is -4.59. The number of imidazole rings is 2. The van der Waals surface area contributed by atoms with Crippen molar-refractivity contribution in [3.63, 3.8) is 0 Å². The maximum atomic E-state index is 5.04. The monoisotopic (exact) mass is 444 g/mol. The molecule has 0 amide bonds. The molecule has 7 rings (SSSR count). The van der Waals surface area contributed by atoms with Gasteiger partial charge in [-0.05, 0) is 49.4 Å². The summed E-state index contributed by atoms with van der Waals surface area (Å²) in [6.45, 7) is 3.78. The van der Waals surface area contributed by atoms with Crippen LogP contribution < -0.4 is 5.32 Å². The quantitative estimate of drug-likeness (QED) is 0.429. The lowest BCUT2D eigenvalue weighted by Gasteiger charge is -2.08. The number of hydrogen-bond donors (Lipinski definition) is 1. The molecular formula is C26H20N8. The van der Waals surface area contributed by atoms with Gasteiger partial charge in [-0.1, -0.05) is 12.1 Å². The summed E-state index contributed by atoms with van der Waals surface area (Å²) in [5.41, 5.74) is 8.88. The van der Waals surface area contributed by atoms with Crippen molar-refractivity contribution in [2.45, 2.75) is 13.5 Å². The van der Waals surface area contributed by atoms with E-state index < -0.39 is 0 Å². The minimum Gasteiger partial charge on any atom is -0.354 e. The van der Waals surface area contributed by atoms with Gasteiger partial charge >= 0.3 is 0 Å². The van der Waals surface area contributed by atoms with Crippen LogP contribution in [-0.2, 0) is 6.54 Å². The lowest BCUT2D eigenvalue weighted by atomic mass is 10.1. The molecule has 6 aromatic heterocycles. The number of anilines is 1. The minimum absolute atomic E-state index is 0.811. The fourth-order valence-corrected chi connectivity index (χ4v) is 4.63. The van der Waals surface area contributed by atoms with Crippen molar-refractivity contribution in [1.29, 1.82) is 0 Å². The zero-order valence-electron chi connectivity index (χ0n) is 18.5. The number of aryl methyl sites for hydroxylation is 1. The van der Waals surface area contributed by atoms with Gasteiger partial charge in [0, 0.05) is 36.7 Å². The van der Waals surface area contributed by atoms with Crippen LogP contribution in [-0.4, -0.2) is 40.4 Å². The fraction of sp³-hybridized carbons (Fsp3) is 0.115. The molecule has 1 aliphatic heterocycles. The average Bonchev–Trinajstić information content (AvgIpc) is 3.58. The van der Waals surface area contributed by atoms with Crippen molar-refractivity contribution >= 4 is 22.6 Å². The Balaban J connectivity index is 1.43. The van der Waals surface area contributed by atoms with Crippen LogP contribution in [0.25, 0.3) is 50.7 Å². The van der Waals surface area contributed by atoms with Crippen molar-refractivity contribution in [2.75, 3.05) is 11.9 Å². The van der Waals surface area contributed by atoms with Crippen LogP contribution in [0.2, 0.25) is 0 Å². The van der Waals surface area contributed by atoms with Crippen LogP contribution in [0.4, 0.5) is 5.95 Å². The number of nitrogens with one attached hydrogen (secondary N) is 1. The van der Waals surface area contributed by atoms with Gasteiger partial charge in [0.1, 0.15) is 17.0 Å². The molecule has 0 aliphatic carbocycles. The van der Waals surface area contributed by atoms with Gasteiger partial charge in [-0.3, -0.25) is 14.4 Å². The molecule has 34 heavy (non-hydrogen) atoms. The maximum Gasteiger partial charge on any atom is 0.203 e. The molecular weight excluding hydrogens is 424 g/mol. The van der Waals surface area contributed by atoms with E-state index in [2.05, 4.69) is 30.3 Å². The Morgan fingerprint density at radius 1 is 0.853 bits per heavy atom. The van der Waals surface area contributed by atoms with E-state index >= 15 is 0 Å². The zero-order chi connectivity index (χ0) is 22.6. The molecule has 0 spiro atoms. The van der Waals surface area contributed by atoms with Gasteiger partial charge in [-0.15, -0.1) is 0 Å². The third kappa shape index (κ3) is 2.88. The molecule has 0 saturated carbocycles. The SMILES string of the molecule is Cc1cccc(-c2nc3ccccn3c2-c2ccc3ncc(-c4cnc5n4CCN5)cc3n2)n1. The highest BCUT2D eigenvalue weighted by molar-refractivity contribution is 5.85. The van der Waals surface area contributed by atoms with E-state index in [1.54, 1.807) is 0 Å². The van der Waals surface area contributed by atoms with E-state index in [1.165, 1.54) is 0 Å². The van der Waals surface area contributed by atoms with E-state index in [0.717, 1.165) is 75.4 Å². The highest BCUT2D eigenvalue weighted by Gasteiger charge is 2.20. The van der Waals surface area contributed by atoms with Gasteiger partial charge in [-0.2, -0.15) is 0 Å². The molecule has 0 atom stereocenters. The summed E-state index contributed by atoms with van der Waals surface area (Å²) >= 11 is 0. The molecule has 0 radical (unpaired) electrons. The Morgan fingerprint density at radius 3 is 2.76 bits per heavy atom. The van der Waals surface area contributed by atoms with Crippen LogP contribution in [0.3, 0.4) is 0 Å². The summed E-state index contributed by atoms with van der Waals surface area (Å²) in [6, 6.07) is 18.1. The van der Waals surface area contributed by atoms with Crippen LogP contribution in [0.1, 0.15) is 5.69 Å². The van der Waals surface area contributed by atoms with Crippen molar-refractivity contribution in [1.82, 2.24) is 33.9 Å². The highest BCUT2D eigenvalue weighted by atomic mass is 15.3. The third-order valence-electron chi connectivity index (χ3n) is 6.21. The second-order valence-corrected chi connectivity index (χ2v) is 8.41. The number of fused-ring (bicyclic) bond motifs is 3. The van der Waals surface area contributed by atoms with Crippen LogP contribution in [0, 0.1) is 6.92 Å². The smallest absolute Gasteiger partial charge is 0.203 e. The first kappa shape index (κ1) is 18.9. The van der Waals surface area contributed by atoms with Gasteiger partial charge in [-0.25, -0.2) is 15.0 Å². The fourth-order valence-electron chi connectivity index (χ4n) is 4.63. The summed E-state index contributed by atoms with van der Waals surface area (Å²) < 4.78 is 4.25. The summed E-state index contributed by atoms with van der Waals surface area (Å²) in [5.74, 6) is 0.901. The molecule has 164 valence electrons. The van der Waals surface area contributed by atoms with Crippen LogP contribution >= 0.6 is 0 Å². The third-order valence-corrected chi connectivity index (χ3v) is 6.21. The van der Waals surface area contributed by atoms with E-state index in [9.17, 15) is 0 Å².